The molecule has 1 aliphatic carbocycles. The van der Waals surface area contributed by atoms with Crippen LogP contribution >= 0.6 is 7.82 Å². The number of carbonyl (C=O) groups is 2. The van der Waals surface area contributed by atoms with Gasteiger partial charge in [-0.15, -0.1) is 0 Å². The second-order valence-corrected chi connectivity index (χ2v) is 17.3. The highest BCUT2D eigenvalue weighted by Crippen LogP contribution is 2.47. The summed E-state index contributed by atoms with van der Waals surface area (Å²) in [5, 5.41) is 50.2. The molecule has 1 saturated carbocycles. The molecular weight excluding hydrogens is 843 g/mol. The lowest BCUT2D eigenvalue weighted by molar-refractivity contribution is -0.220. The molecule has 0 aromatic heterocycles. The number of allylic oxidation sites excluding steroid dienone is 14. The van der Waals surface area contributed by atoms with E-state index < -0.39 is 75.7 Å². The second kappa shape index (κ2) is 35.0. The van der Waals surface area contributed by atoms with Crippen LogP contribution in [0.4, 0.5) is 0 Å². The first-order valence-corrected chi connectivity index (χ1v) is 24.7. The zero-order chi connectivity index (χ0) is 46.8. The highest BCUT2D eigenvalue weighted by molar-refractivity contribution is 7.47. The van der Waals surface area contributed by atoms with Gasteiger partial charge in [0.25, 0.3) is 0 Å². The van der Waals surface area contributed by atoms with Gasteiger partial charge in [-0.25, -0.2) is 4.57 Å². The molecule has 362 valence electrons. The van der Waals surface area contributed by atoms with Crippen LogP contribution in [0.3, 0.4) is 0 Å². The summed E-state index contributed by atoms with van der Waals surface area (Å²) < 4.78 is 39.1. The summed E-state index contributed by atoms with van der Waals surface area (Å²) in [7, 11) is -5.15. The van der Waals surface area contributed by atoms with Gasteiger partial charge in [0.1, 0.15) is 43.2 Å². The lowest BCUT2D eigenvalue weighted by atomic mass is 9.85. The van der Waals surface area contributed by atoms with Crippen molar-refractivity contribution in [2.75, 3.05) is 13.2 Å². The van der Waals surface area contributed by atoms with Crippen molar-refractivity contribution in [2.45, 2.75) is 184 Å². The molecular formula is C49H77O14P. The average Bonchev–Trinajstić information content (AvgIpc) is 4.03. The van der Waals surface area contributed by atoms with Gasteiger partial charge >= 0.3 is 19.8 Å². The number of epoxide rings is 1. The Labute approximate surface area is 381 Å². The minimum atomic E-state index is -5.15. The SMILES string of the molecule is CC/C=C\C/C=C\C/C=C\CCCCCCCC(=O)OC[C@H](COP(=O)(O)OC1[C@H](O)[C@H](O)C(O)[C@H](O)[C@H]1O)OC(=O)CC/C=C\C/C=C\C/C=C\C/C=C\CC1OC1C/C=C\CC. The van der Waals surface area contributed by atoms with Gasteiger partial charge < -0.3 is 44.6 Å². The number of ether oxygens (including phenoxy) is 3. The second-order valence-electron chi connectivity index (χ2n) is 15.9. The predicted octanol–water partition coefficient (Wildman–Crippen LogP) is 8.04. The number of rotatable bonds is 35. The molecule has 0 aromatic rings. The van der Waals surface area contributed by atoms with Crippen LogP contribution in [0.2, 0.25) is 0 Å². The van der Waals surface area contributed by atoms with E-state index in [-0.39, 0.29) is 12.8 Å². The van der Waals surface area contributed by atoms with Gasteiger partial charge in [-0.2, -0.15) is 0 Å². The van der Waals surface area contributed by atoms with Gasteiger partial charge in [-0.3, -0.25) is 18.6 Å². The van der Waals surface area contributed by atoms with Crippen molar-refractivity contribution in [1.29, 1.82) is 0 Å². The van der Waals surface area contributed by atoms with Crippen molar-refractivity contribution in [3.8, 4) is 0 Å². The molecule has 2 rings (SSSR count). The van der Waals surface area contributed by atoms with Gasteiger partial charge in [-0.05, 0) is 83.5 Å². The molecule has 1 heterocycles. The van der Waals surface area contributed by atoms with Gasteiger partial charge in [0.05, 0.1) is 18.8 Å². The van der Waals surface area contributed by atoms with E-state index in [2.05, 4.69) is 92.8 Å². The summed E-state index contributed by atoms with van der Waals surface area (Å²) in [4.78, 5) is 35.7. The third kappa shape index (κ3) is 26.6. The summed E-state index contributed by atoms with van der Waals surface area (Å²) in [6.45, 7) is 2.97. The smallest absolute Gasteiger partial charge is 0.462 e. The first-order chi connectivity index (χ1) is 30.9. The standard InChI is InChI=1S/C49H77O14P/c1-3-5-7-8-9-10-11-12-13-14-18-21-24-27-31-35-42(50)59-37-39(38-60-64(57,58)63-49-47(55)45(53)44(52)46(54)48(49)56)61-43(51)36-32-28-25-22-19-16-15-17-20-23-26-30-34-41-40(62-41)33-29-6-4-2/h5-7,9-10,12-13,16-17,19-20,25-26,28-30,39-41,44-49,52-56H,3-4,8,11,14-15,18,21-24,27,31-38H2,1-2H3,(H,57,58)/b7-5-,10-9-,13-12-,19-16-,20-17-,28-25-,29-6-,30-26-/t39-,40?,41?,44?,45-,46+,47-,48-,49?/m1/s1. The van der Waals surface area contributed by atoms with Crippen molar-refractivity contribution in [2.24, 2.45) is 0 Å². The Balaban J connectivity index is 1.74. The predicted molar refractivity (Wildman–Crippen MR) is 248 cm³/mol. The molecule has 1 aliphatic heterocycles. The Morgan fingerprint density at radius 3 is 1.58 bits per heavy atom. The Morgan fingerprint density at radius 2 is 1.00 bits per heavy atom. The fraction of sp³-hybridized carbons (Fsp3) is 0.633. The normalized spacial score (nSPS) is 25.6. The number of unbranched alkanes of at least 4 members (excludes halogenated alkanes) is 5. The van der Waals surface area contributed by atoms with Crippen LogP contribution in [0.15, 0.2) is 97.2 Å². The van der Waals surface area contributed by atoms with Crippen LogP contribution < -0.4 is 0 Å². The fourth-order valence-electron chi connectivity index (χ4n) is 6.54. The fourth-order valence-corrected chi connectivity index (χ4v) is 7.52. The largest absolute Gasteiger partial charge is 0.472 e. The van der Waals surface area contributed by atoms with E-state index in [9.17, 15) is 44.6 Å². The van der Waals surface area contributed by atoms with Crippen molar-refractivity contribution in [3.05, 3.63) is 97.2 Å². The quantitative estimate of drug-likeness (QED) is 0.0116. The first kappa shape index (κ1) is 56.9. The number of hydrogen-bond donors (Lipinski definition) is 6. The molecule has 0 amide bonds. The van der Waals surface area contributed by atoms with Crippen LogP contribution in [-0.4, -0.2) is 111 Å². The summed E-state index contributed by atoms with van der Waals surface area (Å²) in [5.74, 6) is -1.23. The van der Waals surface area contributed by atoms with Gasteiger partial charge in [0.15, 0.2) is 6.10 Å². The number of phosphoric ester groups is 1. The molecule has 0 spiro atoms. The van der Waals surface area contributed by atoms with Crippen LogP contribution in [0.5, 0.6) is 0 Å². The molecule has 2 fully saturated rings. The van der Waals surface area contributed by atoms with Crippen molar-refractivity contribution >= 4 is 19.8 Å². The van der Waals surface area contributed by atoms with Crippen LogP contribution in [-0.2, 0) is 37.4 Å². The third-order valence-corrected chi connectivity index (χ3v) is 11.3. The lowest BCUT2D eigenvalue weighted by Crippen LogP contribution is -2.64. The molecule has 10 atom stereocenters. The van der Waals surface area contributed by atoms with E-state index >= 15 is 0 Å². The molecule has 0 bridgehead atoms. The topological polar surface area (TPSA) is 222 Å². The number of esters is 2. The highest BCUT2D eigenvalue weighted by Gasteiger charge is 2.51. The zero-order valence-corrected chi connectivity index (χ0v) is 38.9. The molecule has 6 N–H and O–H groups in total. The van der Waals surface area contributed by atoms with Gasteiger partial charge in [-0.1, -0.05) is 130 Å². The lowest BCUT2D eigenvalue weighted by Gasteiger charge is -2.41. The number of phosphoric acid groups is 1. The molecule has 0 radical (unpaired) electrons. The monoisotopic (exact) mass is 921 g/mol. The first-order valence-electron chi connectivity index (χ1n) is 23.2. The van der Waals surface area contributed by atoms with Crippen molar-refractivity contribution in [3.63, 3.8) is 0 Å². The Hall–Kier alpha value is -3.27. The molecule has 5 unspecified atom stereocenters. The van der Waals surface area contributed by atoms with Crippen LogP contribution in [0.25, 0.3) is 0 Å². The summed E-state index contributed by atoms with van der Waals surface area (Å²) in [5.41, 5.74) is 0. The van der Waals surface area contributed by atoms with Gasteiger partial charge in [0, 0.05) is 12.8 Å². The Kier molecular flexibility index (Phi) is 31.1. The van der Waals surface area contributed by atoms with E-state index in [1.807, 2.05) is 18.2 Å². The third-order valence-electron chi connectivity index (χ3n) is 10.3. The van der Waals surface area contributed by atoms with Crippen LogP contribution in [0.1, 0.15) is 129 Å². The summed E-state index contributed by atoms with van der Waals surface area (Å²) in [6, 6.07) is 0. The highest BCUT2D eigenvalue weighted by atomic mass is 31.2. The van der Waals surface area contributed by atoms with Gasteiger partial charge in [0.2, 0.25) is 0 Å². The summed E-state index contributed by atoms with van der Waals surface area (Å²) >= 11 is 0. The molecule has 15 heteroatoms. The minimum absolute atomic E-state index is 0.0417. The van der Waals surface area contributed by atoms with E-state index in [0.29, 0.717) is 31.5 Å². The minimum Gasteiger partial charge on any atom is -0.462 e. The average molecular weight is 921 g/mol. The maximum atomic E-state index is 12.8. The number of aliphatic hydroxyl groups excluding tert-OH is 5. The van der Waals surface area contributed by atoms with Crippen molar-refractivity contribution < 1.29 is 67.8 Å². The Bertz CT molecular complexity index is 1550. The molecule has 64 heavy (non-hydrogen) atoms. The maximum Gasteiger partial charge on any atom is 0.472 e. The number of carbonyl (C=O) groups excluding carboxylic acids is 2. The molecule has 14 nitrogen and oxygen atoms in total. The maximum absolute atomic E-state index is 12.8. The van der Waals surface area contributed by atoms with E-state index in [0.717, 1.165) is 83.5 Å². The van der Waals surface area contributed by atoms with Crippen LogP contribution in [0, 0.1) is 0 Å². The molecule has 0 aromatic carbocycles. The zero-order valence-electron chi connectivity index (χ0n) is 38.0. The van der Waals surface area contributed by atoms with E-state index in [1.54, 1.807) is 0 Å². The summed E-state index contributed by atoms with van der Waals surface area (Å²) in [6.07, 6.45) is 35.1. The van der Waals surface area contributed by atoms with E-state index in [4.69, 9.17) is 23.3 Å². The Morgan fingerprint density at radius 1 is 0.547 bits per heavy atom. The number of hydrogen-bond acceptors (Lipinski definition) is 13. The van der Waals surface area contributed by atoms with E-state index in [1.165, 1.54) is 0 Å². The van der Waals surface area contributed by atoms with Crippen molar-refractivity contribution in [1.82, 2.24) is 0 Å². The molecule has 1 saturated heterocycles. The number of aliphatic hydroxyl groups is 5. The molecule has 2 aliphatic rings.